The molecule has 0 bridgehead atoms. The third kappa shape index (κ3) is 4.49. The molecule has 1 aromatic heterocycles. The maximum atomic E-state index is 11.4. The summed E-state index contributed by atoms with van der Waals surface area (Å²) in [5.41, 5.74) is 0.172. The minimum atomic E-state index is -3.74. The second kappa shape index (κ2) is 5.23. The minimum Gasteiger partial charge on any atom is -0.481 e. The highest BCUT2D eigenvalue weighted by Gasteiger charge is 2.15. The van der Waals surface area contributed by atoms with Crippen molar-refractivity contribution in [3.8, 4) is 0 Å². The molecule has 0 saturated heterocycles. The number of thiazole rings is 1. The van der Waals surface area contributed by atoms with Crippen LogP contribution < -0.4 is 4.72 Å². The van der Waals surface area contributed by atoms with Crippen molar-refractivity contribution in [2.45, 2.75) is 13.3 Å². The summed E-state index contributed by atoms with van der Waals surface area (Å²) in [6.45, 7) is 1.32. The van der Waals surface area contributed by atoms with Gasteiger partial charge in [-0.2, -0.15) is 0 Å². The average molecular weight is 278 g/mol. The molecule has 0 radical (unpaired) electrons. The highest BCUT2D eigenvalue weighted by atomic mass is 32.2. The van der Waals surface area contributed by atoms with Gasteiger partial charge in [-0.1, -0.05) is 0 Å². The molecular formula is C8H10N2O5S2. The third-order valence-electron chi connectivity index (χ3n) is 1.69. The number of nitrogens with zero attached hydrogens (tertiary/aromatic N) is 1. The number of aromatic nitrogens is 1. The van der Waals surface area contributed by atoms with Crippen LogP contribution in [0, 0.1) is 0 Å². The van der Waals surface area contributed by atoms with Gasteiger partial charge in [-0.3, -0.25) is 14.3 Å². The Balaban J connectivity index is 2.69. The van der Waals surface area contributed by atoms with Crippen molar-refractivity contribution in [2.24, 2.45) is 0 Å². The molecule has 0 fully saturated rings. The standard InChI is InChI=1S/C8H10N2O5S2/c1-5(11)6-4-16-8(9-6)10-17(14,15)3-2-7(12)13/h4H,2-3H2,1H3,(H,9,10)(H,12,13). The first-order valence-corrected chi connectivity index (χ1v) is 7.02. The number of carboxylic acids is 1. The number of aliphatic carboxylic acids is 1. The van der Waals surface area contributed by atoms with Crippen LogP contribution >= 0.6 is 11.3 Å². The number of hydrogen-bond donors (Lipinski definition) is 2. The molecule has 0 atom stereocenters. The van der Waals surface area contributed by atoms with Gasteiger partial charge in [-0.15, -0.1) is 11.3 Å². The van der Waals surface area contributed by atoms with E-state index >= 15 is 0 Å². The van der Waals surface area contributed by atoms with E-state index in [1.165, 1.54) is 12.3 Å². The molecule has 9 heteroatoms. The molecule has 0 aromatic carbocycles. The van der Waals surface area contributed by atoms with Crippen LogP contribution in [0.5, 0.6) is 0 Å². The molecule has 0 spiro atoms. The van der Waals surface area contributed by atoms with E-state index in [0.29, 0.717) is 0 Å². The Morgan fingerprint density at radius 2 is 2.18 bits per heavy atom. The zero-order valence-corrected chi connectivity index (χ0v) is 10.5. The summed E-state index contributed by atoms with van der Waals surface area (Å²) in [5, 5.41) is 9.85. The summed E-state index contributed by atoms with van der Waals surface area (Å²) in [7, 11) is -3.74. The van der Waals surface area contributed by atoms with Crippen LogP contribution in [0.3, 0.4) is 0 Å². The molecule has 1 heterocycles. The predicted octanol–water partition coefficient (Wildman–Crippen LogP) is 0.562. The predicted molar refractivity (Wildman–Crippen MR) is 61.8 cm³/mol. The highest BCUT2D eigenvalue weighted by Crippen LogP contribution is 2.17. The van der Waals surface area contributed by atoms with E-state index in [0.717, 1.165) is 11.3 Å². The summed E-state index contributed by atoms with van der Waals surface area (Å²) in [4.78, 5) is 24.9. The molecule has 0 unspecified atom stereocenters. The number of ketones is 1. The fourth-order valence-electron chi connectivity index (χ4n) is 0.888. The second-order valence-corrected chi connectivity index (χ2v) is 5.86. The summed E-state index contributed by atoms with van der Waals surface area (Å²) >= 11 is 0.969. The van der Waals surface area contributed by atoms with E-state index < -0.39 is 28.2 Å². The van der Waals surface area contributed by atoms with E-state index in [1.807, 2.05) is 0 Å². The molecule has 1 aromatic rings. The van der Waals surface area contributed by atoms with Gasteiger partial charge in [-0.05, 0) is 0 Å². The normalized spacial score (nSPS) is 11.1. The van der Waals surface area contributed by atoms with Crippen molar-refractivity contribution >= 4 is 38.2 Å². The Morgan fingerprint density at radius 1 is 1.53 bits per heavy atom. The van der Waals surface area contributed by atoms with Crippen molar-refractivity contribution in [3.05, 3.63) is 11.1 Å². The van der Waals surface area contributed by atoms with Gasteiger partial charge in [0, 0.05) is 12.3 Å². The summed E-state index contributed by atoms with van der Waals surface area (Å²) < 4.78 is 24.9. The quantitative estimate of drug-likeness (QED) is 0.735. The summed E-state index contributed by atoms with van der Waals surface area (Å²) in [6, 6.07) is 0. The lowest BCUT2D eigenvalue weighted by atomic mass is 10.4. The highest BCUT2D eigenvalue weighted by molar-refractivity contribution is 7.92. The number of nitrogens with one attached hydrogen (secondary N) is 1. The number of hydrogen-bond acceptors (Lipinski definition) is 6. The Labute approximate surface area is 102 Å². The maximum absolute atomic E-state index is 11.4. The zero-order valence-electron chi connectivity index (χ0n) is 8.84. The Kier molecular flexibility index (Phi) is 4.18. The van der Waals surface area contributed by atoms with Crippen LogP contribution in [0.25, 0.3) is 0 Å². The molecule has 0 aliphatic carbocycles. The SMILES string of the molecule is CC(=O)c1csc(NS(=O)(=O)CCC(=O)O)n1. The van der Waals surface area contributed by atoms with E-state index in [9.17, 15) is 18.0 Å². The smallest absolute Gasteiger partial charge is 0.304 e. The molecule has 94 valence electrons. The van der Waals surface area contributed by atoms with Gasteiger partial charge in [0.2, 0.25) is 10.0 Å². The molecule has 2 N–H and O–H groups in total. The number of sulfonamides is 1. The Hall–Kier alpha value is -1.48. The first-order chi connectivity index (χ1) is 7.80. The first-order valence-electron chi connectivity index (χ1n) is 4.49. The van der Waals surface area contributed by atoms with E-state index in [4.69, 9.17) is 5.11 Å². The lowest BCUT2D eigenvalue weighted by Gasteiger charge is -2.02. The number of carbonyl (C=O) groups is 2. The van der Waals surface area contributed by atoms with Crippen LogP contribution in [0.1, 0.15) is 23.8 Å². The van der Waals surface area contributed by atoms with Crippen molar-refractivity contribution in [3.63, 3.8) is 0 Å². The molecule has 0 amide bonds. The Bertz CT molecular complexity index is 534. The zero-order chi connectivity index (χ0) is 13.1. The third-order valence-corrected chi connectivity index (χ3v) is 3.83. The molecule has 7 nitrogen and oxygen atoms in total. The Morgan fingerprint density at radius 3 is 2.65 bits per heavy atom. The van der Waals surface area contributed by atoms with Gasteiger partial charge in [0.1, 0.15) is 5.69 Å². The largest absolute Gasteiger partial charge is 0.481 e. The molecule has 0 saturated carbocycles. The second-order valence-electron chi connectivity index (χ2n) is 3.16. The van der Waals surface area contributed by atoms with Crippen LogP contribution in [0.2, 0.25) is 0 Å². The van der Waals surface area contributed by atoms with Gasteiger partial charge in [0.15, 0.2) is 10.9 Å². The van der Waals surface area contributed by atoms with E-state index in [2.05, 4.69) is 9.71 Å². The number of Topliss-reactive ketones (excluding diaryl/α,β-unsaturated/α-hetero) is 1. The van der Waals surface area contributed by atoms with Crippen LogP contribution in [0.4, 0.5) is 5.13 Å². The van der Waals surface area contributed by atoms with E-state index in [1.54, 1.807) is 0 Å². The van der Waals surface area contributed by atoms with Gasteiger partial charge < -0.3 is 5.11 Å². The van der Waals surface area contributed by atoms with E-state index in [-0.39, 0.29) is 16.6 Å². The maximum Gasteiger partial charge on any atom is 0.304 e. The molecule has 0 aliphatic heterocycles. The summed E-state index contributed by atoms with van der Waals surface area (Å²) in [6.07, 6.45) is -0.486. The molecule has 1 rings (SSSR count). The van der Waals surface area contributed by atoms with Crippen LogP contribution in [-0.2, 0) is 14.8 Å². The fraction of sp³-hybridized carbons (Fsp3) is 0.375. The average Bonchev–Trinajstić information content (AvgIpc) is 2.63. The number of carboxylic acid groups (broad SMARTS) is 1. The van der Waals surface area contributed by atoms with Crippen molar-refractivity contribution < 1.29 is 23.1 Å². The van der Waals surface area contributed by atoms with Gasteiger partial charge in [-0.25, -0.2) is 13.4 Å². The van der Waals surface area contributed by atoms with Crippen molar-refractivity contribution in [1.82, 2.24) is 4.98 Å². The topological polar surface area (TPSA) is 113 Å². The number of rotatable bonds is 6. The van der Waals surface area contributed by atoms with Crippen molar-refractivity contribution in [2.75, 3.05) is 10.5 Å². The lowest BCUT2D eigenvalue weighted by molar-refractivity contribution is -0.136. The van der Waals surface area contributed by atoms with Gasteiger partial charge >= 0.3 is 5.97 Å². The monoisotopic (exact) mass is 278 g/mol. The van der Waals surface area contributed by atoms with Crippen molar-refractivity contribution in [1.29, 1.82) is 0 Å². The van der Waals surface area contributed by atoms with Gasteiger partial charge in [0.25, 0.3) is 0 Å². The minimum absolute atomic E-state index is 0.0561. The van der Waals surface area contributed by atoms with Crippen LogP contribution in [0.15, 0.2) is 5.38 Å². The fourth-order valence-corrected chi connectivity index (χ4v) is 2.91. The summed E-state index contributed by atoms with van der Waals surface area (Å²) in [5.74, 6) is -1.99. The molecule has 0 aliphatic rings. The number of carbonyl (C=O) groups excluding carboxylic acids is 1. The first kappa shape index (κ1) is 13.6. The lowest BCUT2D eigenvalue weighted by Crippen LogP contribution is -2.18. The molecular weight excluding hydrogens is 268 g/mol. The van der Waals surface area contributed by atoms with Crippen LogP contribution in [-0.4, -0.2) is 36.0 Å². The van der Waals surface area contributed by atoms with Gasteiger partial charge in [0.05, 0.1) is 12.2 Å². The molecule has 17 heavy (non-hydrogen) atoms. The number of anilines is 1.